The van der Waals surface area contributed by atoms with Crippen LogP contribution in [0.1, 0.15) is 27.2 Å². The molecule has 5 nitrogen and oxygen atoms in total. The molecule has 0 radical (unpaired) electrons. The first-order valence-corrected chi connectivity index (χ1v) is 6.11. The minimum atomic E-state index is -0.133. The molecular formula is C12H24N2O3. The lowest BCUT2D eigenvalue weighted by atomic mass is 9.85. The number of amides is 1. The molecule has 1 aliphatic rings. The van der Waals surface area contributed by atoms with Crippen LogP contribution in [0.2, 0.25) is 0 Å². The highest BCUT2D eigenvalue weighted by molar-refractivity contribution is 5.76. The number of carbonyl (C=O) groups excluding carboxylic acids is 1. The maximum atomic E-state index is 11.7. The SMILES string of the molecule is CC(C)(C)C(N)CC(=O)NCC1COCCO1. The van der Waals surface area contributed by atoms with Crippen molar-refractivity contribution in [3.05, 3.63) is 0 Å². The summed E-state index contributed by atoms with van der Waals surface area (Å²) < 4.78 is 10.7. The predicted octanol–water partition coefficient (Wildman–Crippen LogP) is 0.282. The smallest absolute Gasteiger partial charge is 0.221 e. The second-order valence-electron chi connectivity index (χ2n) is 5.55. The number of hydrogen-bond acceptors (Lipinski definition) is 4. The monoisotopic (exact) mass is 244 g/mol. The summed E-state index contributed by atoms with van der Waals surface area (Å²) >= 11 is 0. The molecule has 0 bridgehead atoms. The quantitative estimate of drug-likeness (QED) is 0.745. The van der Waals surface area contributed by atoms with Crippen LogP contribution in [0.3, 0.4) is 0 Å². The lowest BCUT2D eigenvalue weighted by Gasteiger charge is -2.27. The highest BCUT2D eigenvalue weighted by Crippen LogP contribution is 2.19. The summed E-state index contributed by atoms with van der Waals surface area (Å²) in [5.74, 6) is -0.0263. The van der Waals surface area contributed by atoms with E-state index in [4.69, 9.17) is 15.2 Å². The van der Waals surface area contributed by atoms with Crippen LogP contribution in [-0.4, -0.2) is 44.4 Å². The van der Waals surface area contributed by atoms with Gasteiger partial charge in [-0.25, -0.2) is 0 Å². The zero-order valence-corrected chi connectivity index (χ0v) is 11.0. The third-order valence-corrected chi connectivity index (χ3v) is 2.93. The number of ether oxygens (including phenoxy) is 2. The Morgan fingerprint density at radius 2 is 2.18 bits per heavy atom. The zero-order valence-electron chi connectivity index (χ0n) is 11.0. The van der Waals surface area contributed by atoms with Crippen molar-refractivity contribution in [3.63, 3.8) is 0 Å². The number of nitrogens with one attached hydrogen (secondary N) is 1. The van der Waals surface area contributed by atoms with Crippen LogP contribution >= 0.6 is 0 Å². The Bertz CT molecular complexity index is 245. The molecule has 0 aromatic heterocycles. The van der Waals surface area contributed by atoms with Crippen LogP contribution in [0.25, 0.3) is 0 Å². The molecule has 100 valence electrons. The first-order chi connectivity index (χ1) is 7.89. The normalized spacial score (nSPS) is 23.2. The Kier molecular flexibility index (Phi) is 5.36. The van der Waals surface area contributed by atoms with Crippen molar-refractivity contribution in [2.45, 2.75) is 39.3 Å². The van der Waals surface area contributed by atoms with E-state index in [1.54, 1.807) is 0 Å². The average Bonchev–Trinajstić information content (AvgIpc) is 2.26. The summed E-state index contributed by atoms with van der Waals surface area (Å²) in [6, 6.07) is -0.133. The number of rotatable bonds is 4. The van der Waals surface area contributed by atoms with E-state index in [1.807, 2.05) is 20.8 Å². The second-order valence-corrected chi connectivity index (χ2v) is 5.55. The van der Waals surface area contributed by atoms with Crippen molar-refractivity contribution in [2.75, 3.05) is 26.4 Å². The Balaban J connectivity index is 2.20. The van der Waals surface area contributed by atoms with Crippen LogP contribution in [0, 0.1) is 5.41 Å². The number of hydrogen-bond donors (Lipinski definition) is 2. The standard InChI is InChI=1S/C12H24N2O3/c1-12(2,3)10(13)6-11(15)14-7-9-8-16-4-5-17-9/h9-10H,4-8,13H2,1-3H3,(H,14,15). The van der Waals surface area contributed by atoms with Gasteiger partial charge >= 0.3 is 0 Å². The molecular weight excluding hydrogens is 220 g/mol. The number of nitrogens with two attached hydrogens (primary N) is 1. The summed E-state index contributed by atoms with van der Waals surface area (Å²) in [7, 11) is 0. The van der Waals surface area contributed by atoms with Crippen LogP contribution < -0.4 is 11.1 Å². The lowest BCUT2D eigenvalue weighted by Crippen LogP contribution is -2.43. The third kappa shape index (κ3) is 5.48. The summed E-state index contributed by atoms with van der Waals surface area (Å²) in [6.07, 6.45) is 0.315. The zero-order chi connectivity index (χ0) is 12.9. The molecule has 0 spiro atoms. The molecule has 1 fully saturated rings. The molecule has 1 saturated heterocycles. The maximum Gasteiger partial charge on any atom is 0.221 e. The third-order valence-electron chi connectivity index (χ3n) is 2.93. The number of carbonyl (C=O) groups is 1. The van der Waals surface area contributed by atoms with Gasteiger partial charge in [0.05, 0.1) is 25.9 Å². The Morgan fingerprint density at radius 3 is 2.71 bits per heavy atom. The molecule has 2 atom stereocenters. The lowest BCUT2D eigenvalue weighted by molar-refractivity contribution is -0.124. The molecule has 1 aliphatic heterocycles. The molecule has 0 aliphatic carbocycles. The fourth-order valence-corrected chi connectivity index (χ4v) is 1.46. The minimum Gasteiger partial charge on any atom is -0.376 e. The first kappa shape index (κ1) is 14.4. The molecule has 5 heteroatoms. The van der Waals surface area contributed by atoms with Gasteiger partial charge in [0.15, 0.2) is 0 Å². The van der Waals surface area contributed by atoms with E-state index in [0.29, 0.717) is 32.8 Å². The van der Waals surface area contributed by atoms with E-state index in [0.717, 1.165) is 0 Å². The van der Waals surface area contributed by atoms with Crippen molar-refractivity contribution in [2.24, 2.45) is 11.1 Å². The van der Waals surface area contributed by atoms with Crippen molar-refractivity contribution in [1.29, 1.82) is 0 Å². The van der Waals surface area contributed by atoms with Gasteiger partial charge in [0, 0.05) is 19.0 Å². The van der Waals surface area contributed by atoms with E-state index in [-0.39, 0.29) is 23.5 Å². The van der Waals surface area contributed by atoms with Gasteiger partial charge in [0.1, 0.15) is 0 Å². The summed E-state index contributed by atoms with van der Waals surface area (Å²) in [5, 5.41) is 2.83. The largest absolute Gasteiger partial charge is 0.376 e. The first-order valence-electron chi connectivity index (χ1n) is 6.11. The summed E-state index contributed by atoms with van der Waals surface area (Å²) in [5.41, 5.74) is 5.89. The fraction of sp³-hybridized carbons (Fsp3) is 0.917. The van der Waals surface area contributed by atoms with E-state index in [9.17, 15) is 4.79 Å². The molecule has 3 N–H and O–H groups in total. The van der Waals surface area contributed by atoms with Crippen molar-refractivity contribution in [1.82, 2.24) is 5.32 Å². The second kappa shape index (κ2) is 6.33. The van der Waals surface area contributed by atoms with Crippen LogP contribution in [0.4, 0.5) is 0 Å². The Labute approximate surface area is 103 Å². The summed E-state index contributed by atoms with van der Waals surface area (Å²) in [4.78, 5) is 11.7. The van der Waals surface area contributed by atoms with Gasteiger partial charge in [-0.05, 0) is 5.41 Å². The molecule has 0 aromatic carbocycles. The van der Waals surface area contributed by atoms with Gasteiger partial charge < -0.3 is 20.5 Å². The highest BCUT2D eigenvalue weighted by Gasteiger charge is 2.23. The van der Waals surface area contributed by atoms with Crippen LogP contribution in [0.5, 0.6) is 0 Å². The minimum absolute atomic E-state index is 0.0263. The molecule has 1 amide bonds. The average molecular weight is 244 g/mol. The van der Waals surface area contributed by atoms with Gasteiger partial charge in [-0.2, -0.15) is 0 Å². The van der Waals surface area contributed by atoms with Crippen molar-refractivity contribution >= 4 is 5.91 Å². The van der Waals surface area contributed by atoms with Gasteiger partial charge in [0.25, 0.3) is 0 Å². The van der Waals surface area contributed by atoms with Gasteiger partial charge in [-0.3, -0.25) is 4.79 Å². The molecule has 1 rings (SSSR count). The van der Waals surface area contributed by atoms with Crippen molar-refractivity contribution < 1.29 is 14.3 Å². The highest BCUT2D eigenvalue weighted by atomic mass is 16.6. The maximum absolute atomic E-state index is 11.7. The van der Waals surface area contributed by atoms with Gasteiger partial charge in [-0.1, -0.05) is 20.8 Å². The van der Waals surface area contributed by atoms with Gasteiger partial charge in [-0.15, -0.1) is 0 Å². The predicted molar refractivity (Wildman–Crippen MR) is 65.6 cm³/mol. The molecule has 2 unspecified atom stereocenters. The van der Waals surface area contributed by atoms with Crippen LogP contribution in [0.15, 0.2) is 0 Å². The van der Waals surface area contributed by atoms with Crippen LogP contribution in [-0.2, 0) is 14.3 Å². The molecule has 1 heterocycles. The summed E-state index contributed by atoms with van der Waals surface area (Å²) in [6.45, 7) is 8.37. The van der Waals surface area contributed by atoms with E-state index >= 15 is 0 Å². The van der Waals surface area contributed by atoms with E-state index in [2.05, 4.69) is 5.32 Å². The Morgan fingerprint density at radius 1 is 1.47 bits per heavy atom. The van der Waals surface area contributed by atoms with E-state index < -0.39 is 0 Å². The molecule has 0 aromatic rings. The fourth-order valence-electron chi connectivity index (χ4n) is 1.46. The topological polar surface area (TPSA) is 73.6 Å². The van der Waals surface area contributed by atoms with Crippen molar-refractivity contribution in [3.8, 4) is 0 Å². The Hall–Kier alpha value is -0.650. The van der Waals surface area contributed by atoms with Gasteiger partial charge in [0.2, 0.25) is 5.91 Å². The van der Waals surface area contributed by atoms with E-state index in [1.165, 1.54) is 0 Å². The molecule has 0 saturated carbocycles. The molecule has 17 heavy (non-hydrogen) atoms.